The lowest BCUT2D eigenvalue weighted by molar-refractivity contribution is -0.384. The van der Waals surface area contributed by atoms with Crippen molar-refractivity contribution in [3.05, 3.63) is 70.0 Å². The minimum atomic E-state index is -0.538. The Morgan fingerprint density at radius 2 is 1.90 bits per heavy atom. The number of hydrogen-bond acceptors (Lipinski definition) is 4. The van der Waals surface area contributed by atoms with Gasteiger partial charge in [0.2, 0.25) is 0 Å². The number of halogens is 1. The molecule has 6 heteroatoms. The van der Waals surface area contributed by atoms with Gasteiger partial charge in [-0.25, -0.2) is 4.39 Å². The third-order valence-corrected chi connectivity index (χ3v) is 3.57. The topological polar surface area (TPSA) is 60.2 Å². The molecule has 0 spiro atoms. The summed E-state index contributed by atoms with van der Waals surface area (Å²) in [5.74, 6) is -0.394. The number of nitro groups is 1. The van der Waals surface area contributed by atoms with E-state index in [4.69, 9.17) is 0 Å². The first-order valence-electron chi connectivity index (χ1n) is 5.72. The Kier molecular flexibility index (Phi) is 4.47. The number of nitro benzene ring substituents is 1. The molecule has 0 unspecified atom stereocenters. The van der Waals surface area contributed by atoms with Crippen LogP contribution in [0.15, 0.2) is 53.4 Å². The molecule has 20 heavy (non-hydrogen) atoms. The average Bonchev–Trinajstić information content (AvgIpc) is 2.46. The van der Waals surface area contributed by atoms with Crippen LogP contribution in [0, 0.1) is 15.9 Å². The van der Waals surface area contributed by atoms with Crippen molar-refractivity contribution in [1.29, 1.82) is 0 Å². The molecule has 0 amide bonds. The van der Waals surface area contributed by atoms with Gasteiger partial charge in [-0.3, -0.25) is 14.9 Å². The highest BCUT2D eigenvalue weighted by atomic mass is 32.2. The van der Waals surface area contributed by atoms with Gasteiger partial charge < -0.3 is 0 Å². The molecule has 0 saturated heterocycles. The van der Waals surface area contributed by atoms with E-state index in [0.29, 0.717) is 5.56 Å². The van der Waals surface area contributed by atoms with Gasteiger partial charge in [0.05, 0.1) is 10.7 Å². The Labute approximate surface area is 118 Å². The number of rotatable bonds is 5. The smallest absolute Gasteiger partial charge is 0.270 e. The molecule has 2 rings (SSSR count). The zero-order valence-electron chi connectivity index (χ0n) is 10.3. The predicted octanol–water partition coefficient (Wildman–Crippen LogP) is 3.71. The molecule has 0 aliphatic heterocycles. The van der Waals surface area contributed by atoms with Crippen molar-refractivity contribution in [3.8, 4) is 0 Å². The first kappa shape index (κ1) is 14.2. The van der Waals surface area contributed by atoms with E-state index in [1.54, 1.807) is 18.2 Å². The summed E-state index contributed by atoms with van der Waals surface area (Å²) in [5.41, 5.74) is 0.191. The largest absolute Gasteiger partial charge is 0.293 e. The zero-order chi connectivity index (χ0) is 14.5. The maximum atomic E-state index is 12.7. The molecule has 0 bridgehead atoms. The lowest BCUT2D eigenvalue weighted by atomic mass is 10.1. The van der Waals surface area contributed by atoms with Gasteiger partial charge in [-0.15, -0.1) is 11.8 Å². The fourth-order valence-corrected chi connectivity index (χ4v) is 2.35. The molecule has 2 aromatic rings. The van der Waals surface area contributed by atoms with Gasteiger partial charge in [0.25, 0.3) is 5.69 Å². The highest BCUT2D eigenvalue weighted by Crippen LogP contribution is 2.21. The van der Waals surface area contributed by atoms with Crippen molar-refractivity contribution in [3.63, 3.8) is 0 Å². The normalized spacial score (nSPS) is 10.2. The van der Waals surface area contributed by atoms with Crippen molar-refractivity contribution in [2.24, 2.45) is 0 Å². The highest BCUT2D eigenvalue weighted by molar-refractivity contribution is 8.00. The fraction of sp³-hybridized carbons (Fsp3) is 0.0714. The summed E-state index contributed by atoms with van der Waals surface area (Å²) in [6.07, 6.45) is 0. The summed E-state index contributed by atoms with van der Waals surface area (Å²) in [4.78, 5) is 22.8. The van der Waals surface area contributed by atoms with E-state index in [9.17, 15) is 19.3 Å². The fourth-order valence-electron chi connectivity index (χ4n) is 1.56. The molecule has 0 aliphatic carbocycles. The molecule has 0 heterocycles. The Hall–Kier alpha value is -2.21. The standard InChI is InChI=1S/C14H10FNO3S/c15-11-4-6-13(7-5-11)20-9-14(17)10-2-1-3-12(8-10)16(18)19/h1-8H,9H2. The van der Waals surface area contributed by atoms with E-state index in [1.807, 2.05) is 0 Å². The van der Waals surface area contributed by atoms with Crippen LogP contribution in [0.4, 0.5) is 10.1 Å². The number of Topliss-reactive ketones (excluding diaryl/α,β-unsaturated/α-hetero) is 1. The Bertz CT molecular complexity index is 643. The van der Waals surface area contributed by atoms with Crippen LogP contribution in [0.25, 0.3) is 0 Å². The molecule has 0 atom stereocenters. The van der Waals surface area contributed by atoms with Gasteiger partial charge in [0.15, 0.2) is 5.78 Å². The molecule has 2 aromatic carbocycles. The molecule has 0 fully saturated rings. The number of non-ortho nitro benzene ring substituents is 1. The first-order chi connectivity index (χ1) is 9.56. The van der Waals surface area contributed by atoms with Crippen LogP contribution >= 0.6 is 11.8 Å². The number of hydrogen-bond donors (Lipinski definition) is 0. The highest BCUT2D eigenvalue weighted by Gasteiger charge is 2.11. The molecule has 0 radical (unpaired) electrons. The molecule has 0 aliphatic rings. The van der Waals surface area contributed by atoms with E-state index >= 15 is 0 Å². The Balaban J connectivity index is 2.03. The second-order valence-electron chi connectivity index (χ2n) is 3.97. The predicted molar refractivity (Wildman–Crippen MR) is 74.6 cm³/mol. The average molecular weight is 291 g/mol. The van der Waals surface area contributed by atoms with Crippen molar-refractivity contribution < 1.29 is 14.1 Å². The lowest BCUT2D eigenvalue weighted by Crippen LogP contribution is -2.03. The van der Waals surface area contributed by atoms with Crippen LogP contribution in [0.1, 0.15) is 10.4 Å². The maximum Gasteiger partial charge on any atom is 0.270 e. The van der Waals surface area contributed by atoms with Crippen molar-refractivity contribution in [2.45, 2.75) is 4.90 Å². The minimum absolute atomic E-state index is 0.109. The van der Waals surface area contributed by atoms with Crippen LogP contribution < -0.4 is 0 Å². The number of nitrogens with zero attached hydrogens (tertiary/aromatic N) is 1. The summed E-state index contributed by atoms with van der Waals surface area (Å²) in [6, 6.07) is 11.4. The van der Waals surface area contributed by atoms with Crippen molar-refractivity contribution >= 4 is 23.2 Å². The van der Waals surface area contributed by atoms with Crippen molar-refractivity contribution in [2.75, 3.05) is 5.75 Å². The number of carbonyl (C=O) groups excluding carboxylic acids is 1. The lowest BCUT2D eigenvalue weighted by Gasteiger charge is -2.02. The van der Waals surface area contributed by atoms with Gasteiger partial charge in [-0.05, 0) is 24.3 Å². The summed E-state index contributed by atoms with van der Waals surface area (Å²) in [6.45, 7) is 0. The Morgan fingerprint density at radius 1 is 1.20 bits per heavy atom. The number of thioether (sulfide) groups is 1. The molecule has 102 valence electrons. The van der Waals surface area contributed by atoms with E-state index in [0.717, 1.165) is 4.90 Å². The molecule has 0 saturated carbocycles. The number of ketones is 1. The number of benzene rings is 2. The van der Waals surface area contributed by atoms with Crippen LogP contribution in [-0.2, 0) is 0 Å². The summed E-state index contributed by atoms with van der Waals surface area (Å²) in [5, 5.41) is 10.6. The minimum Gasteiger partial charge on any atom is -0.293 e. The van der Waals surface area contributed by atoms with Crippen LogP contribution in [0.2, 0.25) is 0 Å². The van der Waals surface area contributed by atoms with E-state index in [-0.39, 0.29) is 23.0 Å². The molecular weight excluding hydrogens is 281 g/mol. The third kappa shape index (κ3) is 3.64. The van der Waals surface area contributed by atoms with Gasteiger partial charge in [-0.1, -0.05) is 12.1 Å². The summed E-state index contributed by atoms with van der Waals surface area (Å²) >= 11 is 1.26. The van der Waals surface area contributed by atoms with Gasteiger partial charge in [0.1, 0.15) is 5.82 Å². The number of carbonyl (C=O) groups is 1. The quantitative estimate of drug-likeness (QED) is 0.364. The second-order valence-corrected chi connectivity index (χ2v) is 5.02. The summed E-state index contributed by atoms with van der Waals surface area (Å²) in [7, 11) is 0. The monoisotopic (exact) mass is 291 g/mol. The SMILES string of the molecule is O=C(CSc1ccc(F)cc1)c1cccc([N+](=O)[O-])c1. The third-order valence-electron chi connectivity index (χ3n) is 2.56. The van der Waals surface area contributed by atoms with Gasteiger partial charge >= 0.3 is 0 Å². The van der Waals surface area contributed by atoms with Gasteiger partial charge in [-0.2, -0.15) is 0 Å². The zero-order valence-corrected chi connectivity index (χ0v) is 11.1. The van der Waals surface area contributed by atoms with Crippen LogP contribution in [0.5, 0.6) is 0 Å². The molecule has 0 aromatic heterocycles. The molecule has 0 N–H and O–H groups in total. The van der Waals surface area contributed by atoms with E-state index < -0.39 is 4.92 Å². The Morgan fingerprint density at radius 3 is 2.55 bits per heavy atom. The van der Waals surface area contributed by atoms with Crippen molar-refractivity contribution in [1.82, 2.24) is 0 Å². The second kappa shape index (κ2) is 6.29. The maximum absolute atomic E-state index is 12.7. The van der Waals surface area contributed by atoms with E-state index in [2.05, 4.69) is 0 Å². The molecular formula is C14H10FNO3S. The summed E-state index contributed by atoms with van der Waals surface area (Å²) < 4.78 is 12.7. The van der Waals surface area contributed by atoms with Gasteiger partial charge in [0, 0.05) is 22.6 Å². The van der Waals surface area contributed by atoms with Crippen LogP contribution in [0.3, 0.4) is 0 Å². The first-order valence-corrected chi connectivity index (χ1v) is 6.71. The van der Waals surface area contributed by atoms with E-state index in [1.165, 1.54) is 42.1 Å². The van der Waals surface area contributed by atoms with Crippen LogP contribution in [-0.4, -0.2) is 16.5 Å². The molecule has 4 nitrogen and oxygen atoms in total.